The molecule has 1 aliphatic rings. The highest BCUT2D eigenvalue weighted by Crippen LogP contribution is 2.39. The average Bonchev–Trinajstić information content (AvgIpc) is 2.56. The van der Waals surface area contributed by atoms with E-state index in [1.807, 2.05) is 60.7 Å². The van der Waals surface area contributed by atoms with Gasteiger partial charge in [-0.3, -0.25) is 0 Å². The van der Waals surface area contributed by atoms with E-state index in [0.29, 0.717) is 12.5 Å². The third-order valence-electron chi connectivity index (χ3n) is 3.56. The average molecular weight is 289 g/mol. The fourth-order valence-electron chi connectivity index (χ4n) is 2.55. The number of rotatable bonds is 3. The Kier molecular flexibility index (Phi) is 4.06. The Morgan fingerprint density at radius 3 is 2.00 bits per heavy atom. The molecule has 0 spiro atoms. The highest BCUT2D eigenvalue weighted by atomic mass is 35.5. The highest BCUT2D eigenvalue weighted by Gasteiger charge is 2.41. The monoisotopic (exact) mass is 288 g/mol. The molecule has 1 heterocycles. The van der Waals surface area contributed by atoms with Crippen molar-refractivity contribution in [3.8, 4) is 0 Å². The van der Waals surface area contributed by atoms with Gasteiger partial charge in [0.25, 0.3) is 0 Å². The highest BCUT2D eigenvalue weighted by molar-refractivity contribution is 6.18. The van der Waals surface area contributed by atoms with Crippen LogP contribution in [0.3, 0.4) is 0 Å². The van der Waals surface area contributed by atoms with E-state index in [2.05, 4.69) is 0 Å². The summed E-state index contributed by atoms with van der Waals surface area (Å²) in [5.41, 5.74) is 2.00. The van der Waals surface area contributed by atoms with Crippen LogP contribution in [0.15, 0.2) is 60.7 Å². The van der Waals surface area contributed by atoms with Gasteiger partial charge >= 0.3 is 0 Å². The van der Waals surface area contributed by atoms with Crippen LogP contribution in [0, 0.1) is 0 Å². The van der Waals surface area contributed by atoms with Crippen molar-refractivity contribution >= 4 is 11.6 Å². The van der Waals surface area contributed by atoms with Crippen LogP contribution < -0.4 is 0 Å². The van der Waals surface area contributed by atoms with Crippen LogP contribution >= 0.6 is 11.6 Å². The van der Waals surface area contributed by atoms with Gasteiger partial charge in [-0.2, -0.15) is 0 Å². The van der Waals surface area contributed by atoms with Crippen molar-refractivity contribution in [1.29, 1.82) is 0 Å². The minimum Gasteiger partial charge on any atom is -0.342 e. The van der Waals surface area contributed by atoms with Gasteiger partial charge < -0.3 is 9.47 Å². The van der Waals surface area contributed by atoms with Crippen molar-refractivity contribution in [2.45, 2.75) is 18.3 Å². The van der Waals surface area contributed by atoms with Gasteiger partial charge in [-0.25, -0.2) is 0 Å². The molecule has 3 rings (SSSR count). The van der Waals surface area contributed by atoms with Crippen molar-refractivity contribution in [1.82, 2.24) is 0 Å². The predicted octanol–water partition coefficient (Wildman–Crippen LogP) is 3.93. The second kappa shape index (κ2) is 5.96. The van der Waals surface area contributed by atoms with Gasteiger partial charge in [-0.05, 0) is 6.42 Å². The SMILES string of the molecule is ClCC1CCOC(c2ccccc2)(c2ccccc2)O1. The molecule has 0 radical (unpaired) electrons. The molecule has 3 heteroatoms. The molecule has 0 bridgehead atoms. The number of alkyl halides is 1. The van der Waals surface area contributed by atoms with Crippen LogP contribution in [0.2, 0.25) is 0 Å². The van der Waals surface area contributed by atoms with Crippen LogP contribution in [0.5, 0.6) is 0 Å². The molecular weight excluding hydrogens is 272 g/mol. The third-order valence-corrected chi connectivity index (χ3v) is 3.90. The molecule has 104 valence electrons. The summed E-state index contributed by atoms with van der Waals surface area (Å²) in [6.45, 7) is 0.640. The second-order valence-corrected chi connectivity index (χ2v) is 5.19. The molecule has 1 atom stereocenters. The Hall–Kier alpha value is -1.35. The molecule has 1 saturated heterocycles. The molecular formula is C17H17ClO2. The molecule has 0 saturated carbocycles. The lowest BCUT2D eigenvalue weighted by atomic mass is 9.95. The van der Waals surface area contributed by atoms with Crippen LogP contribution in [0.1, 0.15) is 17.5 Å². The van der Waals surface area contributed by atoms with Crippen LogP contribution in [0.25, 0.3) is 0 Å². The summed E-state index contributed by atoms with van der Waals surface area (Å²) in [4.78, 5) is 0. The first-order valence-electron chi connectivity index (χ1n) is 6.84. The van der Waals surface area contributed by atoms with Gasteiger partial charge in [0.15, 0.2) is 0 Å². The Balaban J connectivity index is 2.08. The zero-order valence-corrected chi connectivity index (χ0v) is 11.9. The van der Waals surface area contributed by atoms with Crippen molar-refractivity contribution in [3.05, 3.63) is 71.8 Å². The maximum absolute atomic E-state index is 6.24. The lowest BCUT2D eigenvalue weighted by molar-refractivity contribution is -0.273. The molecule has 0 aliphatic carbocycles. The molecule has 0 amide bonds. The largest absolute Gasteiger partial charge is 0.342 e. The van der Waals surface area contributed by atoms with E-state index >= 15 is 0 Å². The van der Waals surface area contributed by atoms with E-state index in [9.17, 15) is 0 Å². The zero-order valence-electron chi connectivity index (χ0n) is 11.2. The summed E-state index contributed by atoms with van der Waals surface area (Å²) in [5.74, 6) is -0.370. The van der Waals surface area contributed by atoms with Gasteiger partial charge in [0.1, 0.15) is 0 Å². The summed E-state index contributed by atoms with van der Waals surface area (Å²) in [7, 11) is 0. The molecule has 20 heavy (non-hydrogen) atoms. The number of hydrogen-bond acceptors (Lipinski definition) is 2. The van der Waals surface area contributed by atoms with Gasteiger partial charge in [0, 0.05) is 17.0 Å². The Morgan fingerprint density at radius 1 is 0.950 bits per heavy atom. The standard InChI is InChI=1S/C17H17ClO2/c18-13-16-11-12-19-17(20-16,14-7-3-1-4-8-14)15-9-5-2-6-10-15/h1-10,16H,11-13H2. The van der Waals surface area contributed by atoms with E-state index < -0.39 is 5.79 Å². The summed E-state index contributed by atoms with van der Waals surface area (Å²) in [6, 6.07) is 20.1. The molecule has 2 aromatic carbocycles. The van der Waals surface area contributed by atoms with Crippen LogP contribution in [-0.2, 0) is 15.3 Å². The number of benzene rings is 2. The molecule has 1 fully saturated rings. The van der Waals surface area contributed by atoms with Crippen LogP contribution in [0.4, 0.5) is 0 Å². The van der Waals surface area contributed by atoms with Gasteiger partial charge in [-0.15, -0.1) is 11.6 Å². The quantitative estimate of drug-likeness (QED) is 0.797. The third kappa shape index (κ3) is 2.47. The van der Waals surface area contributed by atoms with Crippen LogP contribution in [-0.4, -0.2) is 18.6 Å². The van der Waals surface area contributed by atoms with Gasteiger partial charge in [0.05, 0.1) is 12.7 Å². The second-order valence-electron chi connectivity index (χ2n) is 4.88. The smallest absolute Gasteiger partial charge is 0.222 e. The fraction of sp³-hybridized carbons (Fsp3) is 0.294. The van der Waals surface area contributed by atoms with Gasteiger partial charge in [0.2, 0.25) is 5.79 Å². The number of ether oxygens (including phenoxy) is 2. The molecule has 1 unspecified atom stereocenters. The van der Waals surface area contributed by atoms with E-state index in [-0.39, 0.29) is 6.10 Å². The molecule has 1 aliphatic heterocycles. The van der Waals surface area contributed by atoms with Crippen molar-refractivity contribution in [2.75, 3.05) is 12.5 Å². The minimum absolute atomic E-state index is 0.00540. The first-order valence-corrected chi connectivity index (χ1v) is 7.37. The maximum atomic E-state index is 6.24. The minimum atomic E-state index is -0.847. The number of hydrogen-bond donors (Lipinski definition) is 0. The summed E-state index contributed by atoms with van der Waals surface area (Å²) < 4.78 is 12.3. The lowest BCUT2D eigenvalue weighted by Gasteiger charge is -2.41. The number of halogens is 1. The molecule has 2 aromatic rings. The van der Waals surface area contributed by atoms with Gasteiger partial charge in [-0.1, -0.05) is 60.7 Å². The van der Waals surface area contributed by atoms with Crippen molar-refractivity contribution in [3.63, 3.8) is 0 Å². The van der Waals surface area contributed by atoms with E-state index in [0.717, 1.165) is 17.5 Å². The fourth-order valence-corrected chi connectivity index (χ4v) is 2.77. The first-order chi connectivity index (χ1) is 9.85. The van der Waals surface area contributed by atoms with Crippen molar-refractivity contribution < 1.29 is 9.47 Å². The normalized spacial score (nSPS) is 21.6. The Morgan fingerprint density at radius 2 is 1.50 bits per heavy atom. The summed E-state index contributed by atoms with van der Waals surface area (Å²) >= 11 is 6.00. The van der Waals surface area contributed by atoms with E-state index in [1.165, 1.54) is 0 Å². The molecule has 0 N–H and O–H groups in total. The maximum Gasteiger partial charge on any atom is 0.222 e. The molecule has 0 aromatic heterocycles. The zero-order chi connectivity index (χ0) is 13.8. The first kappa shape index (κ1) is 13.6. The summed E-state index contributed by atoms with van der Waals surface area (Å²) in [6.07, 6.45) is 0.830. The predicted molar refractivity (Wildman–Crippen MR) is 79.8 cm³/mol. The Bertz CT molecular complexity index is 502. The molecule has 2 nitrogen and oxygen atoms in total. The lowest BCUT2D eigenvalue weighted by Crippen LogP contribution is -2.44. The summed E-state index contributed by atoms with van der Waals surface area (Å²) in [5, 5.41) is 0. The van der Waals surface area contributed by atoms with E-state index in [4.69, 9.17) is 21.1 Å². The topological polar surface area (TPSA) is 18.5 Å². The van der Waals surface area contributed by atoms with E-state index in [1.54, 1.807) is 0 Å². The van der Waals surface area contributed by atoms with Crippen molar-refractivity contribution in [2.24, 2.45) is 0 Å². The Labute approximate surface area is 124 Å².